The summed E-state index contributed by atoms with van der Waals surface area (Å²) in [6.45, 7) is 6.95. The van der Waals surface area contributed by atoms with Crippen molar-refractivity contribution in [2.24, 2.45) is 0 Å². The van der Waals surface area contributed by atoms with Crippen LogP contribution in [0.1, 0.15) is 35.4 Å². The third-order valence-corrected chi connectivity index (χ3v) is 5.75. The molecule has 1 unspecified atom stereocenters. The number of fused-ring (bicyclic) bond motifs is 1. The lowest BCUT2D eigenvalue weighted by Gasteiger charge is -2.21. The van der Waals surface area contributed by atoms with Crippen LogP contribution in [0.4, 0.5) is 4.79 Å². The highest BCUT2D eigenvalue weighted by atomic mass is 32.1. The first-order valence-electron chi connectivity index (χ1n) is 8.39. The molecule has 0 bridgehead atoms. The van der Waals surface area contributed by atoms with Gasteiger partial charge in [0.25, 0.3) is 11.5 Å². The predicted octanol–water partition coefficient (Wildman–Crippen LogP) is 2.24. The molecule has 9 heteroatoms. The average Bonchev–Trinajstić information content (AvgIpc) is 3.19. The molecule has 0 aliphatic carbocycles. The summed E-state index contributed by atoms with van der Waals surface area (Å²) in [7, 11) is 0. The molecule has 4 rings (SSSR count). The van der Waals surface area contributed by atoms with E-state index in [9.17, 15) is 14.4 Å². The Morgan fingerprint density at radius 2 is 1.96 bits per heavy atom. The molecule has 0 aromatic carbocycles. The molecule has 1 N–H and O–H groups in total. The largest absolute Gasteiger partial charge is 0.466 e. The number of rotatable bonds is 3. The molecular weight excluding hydrogens is 368 g/mol. The second-order valence-corrected chi connectivity index (χ2v) is 7.69. The summed E-state index contributed by atoms with van der Waals surface area (Å²) in [5.74, 6) is 0.843. The third kappa shape index (κ3) is 2.57. The minimum absolute atomic E-state index is 0.0706. The van der Waals surface area contributed by atoms with Gasteiger partial charge in [-0.25, -0.2) is 9.78 Å². The first-order chi connectivity index (χ1) is 12.7. The number of urea groups is 1. The van der Waals surface area contributed by atoms with Crippen LogP contribution in [-0.2, 0) is 16.9 Å². The summed E-state index contributed by atoms with van der Waals surface area (Å²) in [4.78, 5) is 43.9. The van der Waals surface area contributed by atoms with Crippen LogP contribution in [0.5, 0.6) is 0 Å². The number of aryl methyl sites for hydroxylation is 3. The SMILES string of the molecule is Cc1cc(C2(C)NC(=O)N(Cc3cc(=O)n4c(C)csc4n3)C2=O)c(C)o1. The van der Waals surface area contributed by atoms with E-state index in [0.717, 1.165) is 10.6 Å². The summed E-state index contributed by atoms with van der Waals surface area (Å²) in [6, 6.07) is 2.59. The van der Waals surface area contributed by atoms with E-state index in [2.05, 4.69) is 10.3 Å². The second-order valence-electron chi connectivity index (χ2n) is 6.85. The Morgan fingerprint density at radius 1 is 1.22 bits per heavy atom. The van der Waals surface area contributed by atoms with Crippen LogP contribution in [0.3, 0.4) is 0 Å². The molecule has 27 heavy (non-hydrogen) atoms. The minimum atomic E-state index is -1.21. The van der Waals surface area contributed by atoms with Crippen LogP contribution >= 0.6 is 11.3 Å². The van der Waals surface area contributed by atoms with E-state index < -0.39 is 17.5 Å². The van der Waals surface area contributed by atoms with Crippen molar-refractivity contribution in [1.29, 1.82) is 0 Å². The summed E-state index contributed by atoms with van der Waals surface area (Å²) in [5.41, 5.74) is 0.350. The summed E-state index contributed by atoms with van der Waals surface area (Å²) >= 11 is 1.34. The maximum absolute atomic E-state index is 13.0. The molecule has 3 aromatic heterocycles. The average molecular weight is 386 g/mol. The van der Waals surface area contributed by atoms with Crippen molar-refractivity contribution < 1.29 is 14.0 Å². The molecule has 3 amide bonds. The molecule has 1 saturated heterocycles. The van der Waals surface area contributed by atoms with E-state index in [1.807, 2.05) is 12.3 Å². The van der Waals surface area contributed by atoms with Crippen molar-refractivity contribution in [1.82, 2.24) is 19.6 Å². The van der Waals surface area contributed by atoms with Crippen molar-refractivity contribution in [3.05, 3.63) is 56.3 Å². The lowest BCUT2D eigenvalue weighted by molar-refractivity contribution is -0.131. The van der Waals surface area contributed by atoms with Gasteiger partial charge in [0.1, 0.15) is 17.1 Å². The molecule has 1 atom stereocenters. The number of imide groups is 1. The van der Waals surface area contributed by atoms with Crippen LogP contribution in [0.15, 0.2) is 26.7 Å². The Balaban J connectivity index is 1.69. The van der Waals surface area contributed by atoms with E-state index in [0.29, 0.717) is 27.7 Å². The molecule has 1 aliphatic heterocycles. The van der Waals surface area contributed by atoms with Crippen LogP contribution in [0, 0.1) is 20.8 Å². The van der Waals surface area contributed by atoms with Crippen molar-refractivity contribution in [3.8, 4) is 0 Å². The minimum Gasteiger partial charge on any atom is -0.466 e. The standard InChI is InChI=1S/C18H18N4O4S/c1-9-8-27-17-19-12(6-14(23)22(9)17)7-21-15(24)18(4,20-16(21)25)13-5-10(2)26-11(13)3/h5-6,8H,7H2,1-4H3,(H,20,25). The second kappa shape index (κ2) is 5.78. The van der Waals surface area contributed by atoms with Gasteiger partial charge in [-0.3, -0.25) is 18.9 Å². The van der Waals surface area contributed by atoms with Gasteiger partial charge in [0.05, 0.1) is 12.2 Å². The maximum Gasteiger partial charge on any atom is 0.325 e. The van der Waals surface area contributed by atoms with Crippen molar-refractivity contribution in [2.75, 3.05) is 0 Å². The third-order valence-electron chi connectivity index (χ3n) is 4.80. The normalized spacial score (nSPS) is 19.9. The molecule has 4 heterocycles. The van der Waals surface area contributed by atoms with E-state index in [1.54, 1.807) is 26.8 Å². The molecule has 3 aromatic rings. The van der Waals surface area contributed by atoms with Crippen molar-refractivity contribution in [2.45, 2.75) is 39.8 Å². The molecule has 8 nitrogen and oxygen atoms in total. The van der Waals surface area contributed by atoms with E-state index >= 15 is 0 Å². The van der Waals surface area contributed by atoms with Gasteiger partial charge in [-0.15, -0.1) is 11.3 Å². The molecule has 140 valence electrons. The quantitative estimate of drug-likeness (QED) is 0.697. The predicted molar refractivity (Wildman–Crippen MR) is 98.7 cm³/mol. The molecule has 1 fully saturated rings. The fourth-order valence-electron chi connectivity index (χ4n) is 3.49. The number of hydrogen-bond acceptors (Lipinski definition) is 6. The Hall–Kier alpha value is -2.94. The van der Waals surface area contributed by atoms with Crippen LogP contribution in [0.2, 0.25) is 0 Å². The Bertz CT molecular complexity index is 1160. The first kappa shape index (κ1) is 17.5. The fraction of sp³-hybridized carbons (Fsp3) is 0.333. The lowest BCUT2D eigenvalue weighted by atomic mass is 9.92. The van der Waals surface area contributed by atoms with Gasteiger partial charge in [0.2, 0.25) is 0 Å². The van der Waals surface area contributed by atoms with Gasteiger partial charge in [0, 0.05) is 22.7 Å². The van der Waals surface area contributed by atoms with Gasteiger partial charge >= 0.3 is 6.03 Å². The summed E-state index contributed by atoms with van der Waals surface area (Å²) in [5, 5.41) is 4.58. The van der Waals surface area contributed by atoms with E-state index in [-0.39, 0.29) is 12.1 Å². The maximum atomic E-state index is 13.0. The fourth-order valence-corrected chi connectivity index (χ4v) is 4.38. The number of carbonyl (C=O) groups is 2. The number of hydrogen-bond donors (Lipinski definition) is 1. The smallest absolute Gasteiger partial charge is 0.325 e. The van der Waals surface area contributed by atoms with Gasteiger partial charge in [-0.05, 0) is 33.8 Å². The topological polar surface area (TPSA) is 96.9 Å². The number of aromatic nitrogens is 2. The Labute approximate surface area is 158 Å². The highest BCUT2D eigenvalue weighted by molar-refractivity contribution is 7.15. The summed E-state index contributed by atoms with van der Waals surface area (Å²) < 4.78 is 7.02. The monoisotopic (exact) mass is 386 g/mol. The molecule has 1 aliphatic rings. The Morgan fingerprint density at radius 3 is 2.63 bits per heavy atom. The first-order valence-corrected chi connectivity index (χ1v) is 9.27. The number of nitrogens with one attached hydrogen (secondary N) is 1. The molecule has 0 spiro atoms. The van der Waals surface area contributed by atoms with Gasteiger partial charge < -0.3 is 9.73 Å². The number of nitrogens with zero attached hydrogens (tertiary/aromatic N) is 3. The van der Waals surface area contributed by atoms with E-state index in [4.69, 9.17) is 4.42 Å². The van der Waals surface area contributed by atoms with Crippen LogP contribution in [0.25, 0.3) is 4.96 Å². The van der Waals surface area contributed by atoms with Crippen LogP contribution in [-0.4, -0.2) is 26.2 Å². The number of thiazole rings is 1. The number of furan rings is 1. The summed E-state index contributed by atoms with van der Waals surface area (Å²) in [6.07, 6.45) is 0. The zero-order valence-electron chi connectivity index (χ0n) is 15.3. The highest BCUT2D eigenvalue weighted by Gasteiger charge is 2.50. The van der Waals surface area contributed by atoms with E-state index in [1.165, 1.54) is 21.8 Å². The molecule has 0 saturated carbocycles. The Kier molecular flexibility index (Phi) is 3.74. The molecular formula is C18H18N4O4S. The molecule has 0 radical (unpaired) electrons. The number of carbonyl (C=O) groups excluding carboxylic acids is 2. The highest BCUT2D eigenvalue weighted by Crippen LogP contribution is 2.33. The number of amides is 3. The van der Waals surface area contributed by atoms with Crippen LogP contribution < -0.4 is 10.9 Å². The van der Waals surface area contributed by atoms with Gasteiger partial charge in [-0.1, -0.05) is 0 Å². The van der Waals surface area contributed by atoms with Crippen molar-refractivity contribution >= 4 is 28.2 Å². The zero-order valence-corrected chi connectivity index (χ0v) is 16.1. The van der Waals surface area contributed by atoms with Gasteiger partial charge in [0.15, 0.2) is 4.96 Å². The zero-order chi connectivity index (χ0) is 19.5. The van der Waals surface area contributed by atoms with Crippen molar-refractivity contribution in [3.63, 3.8) is 0 Å². The van der Waals surface area contributed by atoms with Gasteiger partial charge in [-0.2, -0.15) is 0 Å². The lowest BCUT2D eigenvalue weighted by Crippen LogP contribution is -2.41.